The first-order valence-corrected chi connectivity index (χ1v) is 16.1. The first-order chi connectivity index (χ1) is 18.3. The maximum absolute atomic E-state index is 13.7. The number of aromatic nitrogens is 2. The zero-order chi connectivity index (χ0) is 26.5. The number of piperidine rings is 1. The predicted molar refractivity (Wildman–Crippen MR) is 149 cm³/mol. The highest BCUT2D eigenvalue weighted by atomic mass is 32.2. The Labute approximate surface area is 226 Å². The minimum absolute atomic E-state index is 0.0933. The second-order valence-electron chi connectivity index (χ2n) is 10.4. The van der Waals surface area contributed by atoms with Gasteiger partial charge in [0.1, 0.15) is 5.75 Å². The first-order valence-electron chi connectivity index (χ1n) is 12.6. The number of carbonyl (C=O) groups is 1. The Kier molecular flexibility index (Phi) is 6.20. The van der Waals surface area contributed by atoms with Gasteiger partial charge in [0, 0.05) is 46.6 Å². The van der Waals surface area contributed by atoms with Crippen LogP contribution in [0.4, 0.5) is 0 Å². The quantitative estimate of drug-likeness (QED) is 0.360. The van der Waals surface area contributed by atoms with Crippen molar-refractivity contribution in [1.29, 1.82) is 0 Å². The standard InChI is InChI=1S/C28H30N4O4S2/c1-38(2,34)21-14-19(26-30-25(31-36-26)24-4-3-11-37-24)13-20(15-21)27(33)32-9-7-28(8-10-32)17-35-23-6-5-18(16-29)12-22(23)28/h3-6,11-15,38H,7-10,16-17,29H2,1-2H3. The fraction of sp³-hybridized carbons (Fsp3) is 0.321. The maximum atomic E-state index is 13.7. The van der Waals surface area contributed by atoms with Crippen molar-refractivity contribution in [2.24, 2.45) is 5.73 Å². The molecule has 10 heteroatoms. The SMILES string of the molecule is C[SH](C)(=O)c1cc(C(=O)N2CCC3(CC2)COc2ccc(CN)cc23)cc(-c2nc(-c3cccs3)no2)c1. The Morgan fingerprint density at radius 3 is 2.68 bits per heavy atom. The molecule has 1 saturated heterocycles. The summed E-state index contributed by atoms with van der Waals surface area (Å²) in [5.74, 6) is 1.61. The third-order valence-corrected chi connectivity index (χ3v) is 9.93. The van der Waals surface area contributed by atoms with Crippen LogP contribution in [-0.2, 0) is 21.9 Å². The van der Waals surface area contributed by atoms with Crippen molar-refractivity contribution in [2.75, 3.05) is 32.2 Å². The average molecular weight is 551 g/mol. The molecule has 1 fully saturated rings. The lowest BCUT2D eigenvalue weighted by Crippen LogP contribution is -2.46. The average Bonchev–Trinajstić information content (AvgIpc) is 3.69. The van der Waals surface area contributed by atoms with Crippen LogP contribution in [0, 0.1) is 0 Å². The van der Waals surface area contributed by atoms with Gasteiger partial charge in [-0.15, -0.1) is 11.3 Å². The van der Waals surface area contributed by atoms with Crippen molar-refractivity contribution >= 4 is 27.2 Å². The van der Waals surface area contributed by atoms with Crippen LogP contribution in [-0.4, -0.2) is 57.4 Å². The zero-order valence-corrected chi connectivity index (χ0v) is 23.1. The van der Waals surface area contributed by atoms with Gasteiger partial charge in [-0.2, -0.15) is 4.98 Å². The summed E-state index contributed by atoms with van der Waals surface area (Å²) in [6, 6.07) is 15.3. The summed E-state index contributed by atoms with van der Waals surface area (Å²) < 4.78 is 24.6. The van der Waals surface area contributed by atoms with E-state index in [1.165, 1.54) is 16.9 Å². The normalized spacial score (nSPS) is 16.9. The molecule has 1 spiro atoms. The lowest BCUT2D eigenvalue weighted by molar-refractivity contribution is 0.0646. The highest BCUT2D eigenvalue weighted by Crippen LogP contribution is 2.46. The highest BCUT2D eigenvalue weighted by molar-refractivity contribution is 8.01. The smallest absolute Gasteiger partial charge is 0.258 e. The summed E-state index contributed by atoms with van der Waals surface area (Å²) in [7, 11) is -2.67. The molecule has 4 aromatic rings. The first kappa shape index (κ1) is 25.0. The van der Waals surface area contributed by atoms with Gasteiger partial charge in [-0.1, -0.05) is 33.3 Å². The molecule has 0 radical (unpaired) electrons. The number of likely N-dealkylation sites (tertiary alicyclic amines) is 1. The van der Waals surface area contributed by atoms with E-state index in [1.807, 2.05) is 34.5 Å². The molecule has 0 aliphatic carbocycles. The van der Waals surface area contributed by atoms with E-state index >= 15 is 0 Å². The second-order valence-corrected chi connectivity index (χ2v) is 14.6. The number of fused-ring (bicyclic) bond motifs is 2. The topological polar surface area (TPSA) is 112 Å². The number of hydrogen-bond acceptors (Lipinski definition) is 8. The van der Waals surface area contributed by atoms with Gasteiger partial charge < -0.3 is 19.9 Å². The van der Waals surface area contributed by atoms with Gasteiger partial charge in [0.15, 0.2) is 0 Å². The molecular formula is C28H30N4O4S2. The van der Waals surface area contributed by atoms with Crippen LogP contribution < -0.4 is 10.5 Å². The number of nitrogens with two attached hydrogens (primary N) is 1. The number of ether oxygens (including phenoxy) is 1. The van der Waals surface area contributed by atoms with E-state index in [0.717, 1.165) is 29.0 Å². The zero-order valence-electron chi connectivity index (χ0n) is 21.3. The van der Waals surface area contributed by atoms with Crippen LogP contribution in [0.2, 0.25) is 0 Å². The Balaban J connectivity index is 1.27. The van der Waals surface area contributed by atoms with E-state index in [9.17, 15) is 9.00 Å². The summed E-state index contributed by atoms with van der Waals surface area (Å²) in [6.45, 7) is 2.32. The van der Waals surface area contributed by atoms with Gasteiger partial charge in [-0.05, 0) is 66.6 Å². The Bertz CT molecular complexity index is 1550. The Hall–Kier alpha value is -3.34. The summed E-state index contributed by atoms with van der Waals surface area (Å²) in [5, 5.41) is 6.05. The molecule has 6 rings (SSSR count). The number of thiol groups is 1. The third-order valence-electron chi connectivity index (χ3n) is 7.56. The summed E-state index contributed by atoms with van der Waals surface area (Å²) in [4.78, 5) is 21.6. The van der Waals surface area contributed by atoms with Crippen molar-refractivity contribution in [1.82, 2.24) is 15.0 Å². The van der Waals surface area contributed by atoms with Gasteiger partial charge in [-0.25, -0.2) is 0 Å². The van der Waals surface area contributed by atoms with Crippen LogP contribution in [0.1, 0.15) is 34.3 Å². The van der Waals surface area contributed by atoms with Gasteiger partial charge >= 0.3 is 0 Å². The van der Waals surface area contributed by atoms with E-state index in [-0.39, 0.29) is 11.3 Å². The highest BCUT2D eigenvalue weighted by Gasteiger charge is 2.44. The lowest BCUT2D eigenvalue weighted by Gasteiger charge is -2.38. The molecule has 2 aromatic heterocycles. The number of benzene rings is 2. The van der Waals surface area contributed by atoms with E-state index < -0.39 is 9.93 Å². The van der Waals surface area contributed by atoms with Crippen LogP contribution >= 0.6 is 11.3 Å². The van der Waals surface area contributed by atoms with Crippen molar-refractivity contribution in [2.45, 2.75) is 29.7 Å². The molecule has 8 nitrogen and oxygen atoms in total. The van der Waals surface area contributed by atoms with Crippen LogP contribution in [0.15, 0.2) is 63.3 Å². The minimum atomic E-state index is -2.67. The van der Waals surface area contributed by atoms with Crippen molar-refractivity contribution < 1.29 is 18.3 Å². The molecular weight excluding hydrogens is 520 g/mol. The fourth-order valence-electron chi connectivity index (χ4n) is 5.29. The van der Waals surface area contributed by atoms with Crippen molar-refractivity contribution in [3.8, 4) is 27.9 Å². The van der Waals surface area contributed by atoms with Crippen LogP contribution in [0.3, 0.4) is 0 Å². The molecule has 0 saturated carbocycles. The molecule has 0 bridgehead atoms. The largest absolute Gasteiger partial charge is 0.492 e. The van der Waals surface area contributed by atoms with Crippen LogP contribution in [0.5, 0.6) is 5.75 Å². The number of rotatable bonds is 5. The monoisotopic (exact) mass is 550 g/mol. The summed E-state index contributed by atoms with van der Waals surface area (Å²) in [5.41, 5.74) is 9.13. The number of hydrogen-bond donors (Lipinski definition) is 2. The number of amides is 1. The fourth-order valence-corrected chi connectivity index (χ4v) is 6.84. The molecule has 198 valence electrons. The van der Waals surface area contributed by atoms with E-state index in [4.69, 9.17) is 15.0 Å². The van der Waals surface area contributed by atoms with Gasteiger partial charge in [-0.3, -0.25) is 9.00 Å². The maximum Gasteiger partial charge on any atom is 0.258 e. The molecule has 2 aliphatic heterocycles. The predicted octanol–water partition coefficient (Wildman–Crippen LogP) is 4.13. The van der Waals surface area contributed by atoms with Gasteiger partial charge in [0.25, 0.3) is 11.8 Å². The van der Waals surface area contributed by atoms with E-state index in [2.05, 4.69) is 16.2 Å². The Morgan fingerprint density at radius 2 is 1.97 bits per heavy atom. The van der Waals surface area contributed by atoms with E-state index in [0.29, 0.717) is 54.0 Å². The molecule has 38 heavy (non-hydrogen) atoms. The second kappa shape index (κ2) is 9.44. The molecule has 0 atom stereocenters. The number of nitrogens with zero attached hydrogens (tertiary/aromatic N) is 3. The number of carbonyl (C=O) groups excluding carboxylic acids is 1. The molecule has 2 N–H and O–H groups in total. The lowest BCUT2D eigenvalue weighted by atomic mass is 9.74. The molecule has 2 aromatic carbocycles. The van der Waals surface area contributed by atoms with E-state index in [1.54, 1.807) is 30.7 Å². The molecule has 0 unspecified atom stereocenters. The van der Waals surface area contributed by atoms with Gasteiger partial charge in [0.2, 0.25) is 5.82 Å². The van der Waals surface area contributed by atoms with Gasteiger partial charge in [0.05, 0.1) is 11.5 Å². The molecule has 1 amide bonds. The van der Waals surface area contributed by atoms with Crippen molar-refractivity contribution in [3.05, 3.63) is 70.6 Å². The molecule has 4 heterocycles. The molecule has 2 aliphatic rings. The minimum Gasteiger partial charge on any atom is -0.492 e. The van der Waals surface area contributed by atoms with Crippen LogP contribution in [0.25, 0.3) is 22.2 Å². The summed E-state index contributed by atoms with van der Waals surface area (Å²) in [6.07, 6.45) is 5.01. The summed E-state index contributed by atoms with van der Waals surface area (Å²) >= 11 is 1.52. The number of thiophene rings is 1. The Morgan fingerprint density at radius 1 is 1.16 bits per heavy atom. The third kappa shape index (κ3) is 4.46. The van der Waals surface area contributed by atoms with Crippen molar-refractivity contribution in [3.63, 3.8) is 0 Å².